The molecular formula is C14H22N2O4. The van der Waals surface area contributed by atoms with E-state index in [0.29, 0.717) is 25.0 Å². The van der Waals surface area contributed by atoms with E-state index in [1.54, 1.807) is 4.90 Å². The number of carboxylic acid groups (broad SMARTS) is 1. The second-order valence-electron chi connectivity index (χ2n) is 6.60. The zero-order chi connectivity index (χ0) is 14.3. The molecule has 3 aliphatic rings. The predicted octanol–water partition coefficient (Wildman–Crippen LogP) is 1.16. The zero-order valence-electron chi connectivity index (χ0n) is 11.9. The summed E-state index contributed by atoms with van der Waals surface area (Å²) in [5.41, 5.74) is -0.497. The molecule has 2 aliphatic carbocycles. The number of amides is 2. The maximum Gasteiger partial charge on any atom is 0.329 e. The average molecular weight is 282 g/mol. The summed E-state index contributed by atoms with van der Waals surface area (Å²) >= 11 is 0. The lowest BCUT2D eigenvalue weighted by atomic mass is 9.97. The number of ether oxygens (including phenoxy) is 1. The smallest absolute Gasteiger partial charge is 0.329 e. The molecule has 3 rings (SSSR count). The first-order valence-electron chi connectivity index (χ1n) is 7.38. The molecule has 6 heteroatoms. The van der Waals surface area contributed by atoms with Crippen LogP contribution in [0.1, 0.15) is 32.6 Å². The van der Waals surface area contributed by atoms with Gasteiger partial charge in [-0.25, -0.2) is 9.59 Å². The van der Waals surface area contributed by atoms with Crippen LogP contribution in [-0.4, -0.2) is 64.8 Å². The van der Waals surface area contributed by atoms with Gasteiger partial charge in [-0.1, -0.05) is 0 Å². The van der Waals surface area contributed by atoms with E-state index in [0.717, 1.165) is 19.4 Å². The fraction of sp³-hybridized carbons (Fsp3) is 0.857. The van der Waals surface area contributed by atoms with Crippen LogP contribution in [0.4, 0.5) is 4.79 Å². The quantitative estimate of drug-likeness (QED) is 0.793. The number of carboxylic acids is 1. The van der Waals surface area contributed by atoms with Crippen molar-refractivity contribution in [2.24, 2.45) is 5.92 Å². The highest BCUT2D eigenvalue weighted by Gasteiger charge is 2.46. The molecule has 6 nitrogen and oxygen atoms in total. The van der Waals surface area contributed by atoms with Crippen molar-refractivity contribution in [3.63, 3.8) is 0 Å². The molecule has 2 saturated carbocycles. The SMILES string of the molecule is CC1(OCC(=O)O)CN(C(=O)N(CC2CC2)C2CC2)C1. The molecule has 1 aliphatic heterocycles. The lowest BCUT2D eigenvalue weighted by molar-refractivity contribution is -0.160. The molecule has 1 heterocycles. The Morgan fingerprint density at radius 1 is 1.30 bits per heavy atom. The Morgan fingerprint density at radius 3 is 2.45 bits per heavy atom. The molecule has 0 bridgehead atoms. The molecule has 0 spiro atoms. The Morgan fingerprint density at radius 2 is 1.95 bits per heavy atom. The number of hydrogen-bond donors (Lipinski definition) is 1. The van der Waals surface area contributed by atoms with Crippen LogP contribution in [0.15, 0.2) is 0 Å². The van der Waals surface area contributed by atoms with E-state index in [1.807, 2.05) is 11.8 Å². The molecule has 0 atom stereocenters. The van der Waals surface area contributed by atoms with Gasteiger partial charge < -0.3 is 19.6 Å². The first-order chi connectivity index (χ1) is 9.47. The van der Waals surface area contributed by atoms with Crippen molar-refractivity contribution in [1.29, 1.82) is 0 Å². The summed E-state index contributed by atoms with van der Waals surface area (Å²) in [6.07, 6.45) is 4.74. The van der Waals surface area contributed by atoms with Crippen LogP contribution >= 0.6 is 0 Å². The predicted molar refractivity (Wildman–Crippen MR) is 71.4 cm³/mol. The van der Waals surface area contributed by atoms with E-state index in [9.17, 15) is 9.59 Å². The molecule has 0 unspecified atom stereocenters. The van der Waals surface area contributed by atoms with Crippen molar-refractivity contribution in [2.75, 3.05) is 26.2 Å². The molecule has 1 N–H and O–H groups in total. The minimum Gasteiger partial charge on any atom is -0.480 e. The fourth-order valence-electron chi connectivity index (χ4n) is 2.75. The molecular weight excluding hydrogens is 260 g/mol. The monoisotopic (exact) mass is 282 g/mol. The Bertz CT molecular complexity index is 411. The number of nitrogens with zero attached hydrogens (tertiary/aromatic N) is 2. The van der Waals surface area contributed by atoms with Crippen molar-refractivity contribution in [3.8, 4) is 0 Å². The third-order valence-corrected chi connectivity index (χ3v) is 4.25. The van der Waals surface area contributed by atoms with Gasteiger partial charge in [-0.3, -0.25) is 0 Å². The van der Waals surface area contributed by atoms with Crippen LogP contribution in [0.5, 0.6) is 0 Å². The normalized spacial score (nSPS) is 24.1. The summed E-state index contributed by atoms with van der Waals surface area (Å²) in [5.74, 6) is -0.264. The number of urea groups is 1. The number of hydrogen-bond acceptors (Lipinski definition) is 3. The zero-order valence-corrected chi connectivity index (χ0v) is 11.9. The van der Waals surface area contributed by atoms with Gasteiger partial charge in [0.2, 0.25) is 0 Å². The number of aliphatic carboxylic acids is 1. The Hall–Kier alpha value is -1.30. The number of carbonyl (C=O) groups is 2. The second-order valence-corrected chi connectivity index (χ2v) is 6.60. The second kappa shape index (κ2) is 4.91. The first-order valence-corrected chi connectivity index (χ1v) is 7.38. The van der Waals surface area contributed by atoms with Crippen molar-refractivity contribution < 1.29 is 19.4 Å². The minimum atomic E-state index is -0.968. The molecule has 3 fully saturated rings. The minimum absolute atomic E-state index is 0.107. The third kappa shape index (κ3) is 3.06. The standard InChI is InChI=1S/C14H22N2O4/c1-14(20-7-12(17)18)8-15(9-14)13(19)16(11-4-5-11)6-10-2-3-10/h10-11H,2-9H2,1H3,(H,17,18). The van der Waals surface area contributed by atoms with E-state index in [-0.39, 0.29) is 12.6 Å². The van der Waals surface area contributed by atoms with Gasteiger partial charge >= 0.3 is 12.0 Å². The summed E-state index contributed by atoms with van der Waals surface area (Å²) in [6, 6.07) is 0.547. The number of rotatable bonds is 6. The molecule has 0 aromatic rings. The highest BCUT2D eigenvalue weighted by molar-refractivity contribution is 5.76. The van der Waals surface area contributed by atoms with Gasteiger partial charge in [0.15, 0.2) is 0 Å². The van der Waals surface area contributed by atoms with E-state index < -0.39 is 11.6 Å². The van der Waals surface area contributed by atoms with Crippen LogP contribution in [0.25, 0.3) is 0 Å². The average Bonchev–Trinajstić information content (AvgIpc) is 3.22. The largest absolute Gasteiger partial charge is 0.480 e. The lowest BCUT2D eigenvalue weighted by Gasteiger charge is -2.48. The molecule has 2 amide bonds. The van der Waals surface area contributed by atoms with Gasteiger partial charge in [-0.15, -0.1) is 0 Å². The van der Waals surface area contributed by atoms with E-state index in [2.05, 4.69) is 0 Å². The molecule has 0 radical (unpaired) electrons. The van der Waals surface area contributed by atoms with Crippen molar-refractivity contribution in [2.45, 2.75) is 44.2 Å². The molecule has 0 aromatic heterocycles. The summed E-state index contributed by atoms with van der Waals surface area (Å²) in [5, 5.41) is 8.63. The van der Waals surface area contributed by atoms with Crippen LogP contribution in [0.3, 0.4) is 0 Å². The van der Waals surface area contributed by atoms with Gasteiger partial charge in [-0.2, -0.15) is 0 Å². The maximum atomic E-state index is 12.5. The van der Waals surface area contributed by atoms with Crippen LogP contribution in [0, 0.1) is 5.92 Å². The van der Waals surface area contributed by atoms with E-state index in [1.165, 1.54) is 12.8 Å². The Balaban J connectivity index is 1.49. The van der Waals surface area contributed by atoms with Crippen molar-refractivity contribution in [1.82, 2.24) is 9.80 Å². The van der Waals surface area contributed by atoms with Gasteiger partial charge in [-0.05, 0) is 38.5 Å². The topological polar surface area (TPSA) is 70.1 Å². The van der Waals surface area contributed by atoms with Crippen LogP contribution < -0.4 is 0 Å². The third-order valence-electron chi connectivity index (χ3n) is 4.25. The van der Waals surface area contributed by atoms with E-state index >= 15 is 0 Å². The highest BCUT2D eigenvalue weighted by atomic mass is 16.5. The summed E-state index contributed by atoms with van der Waals surface area (Å²) in [6.45, 7) is 3.45. The van der Waals surface area contributed by atoms with Crippen molar-refractivity contribution in [3.05, 3.63) is 0 Å². The highest BCUT2D eigenvalue weighted by Crippen LogP contribution is 2.36. The number of carbonyl (C=O) groups excluding carboxylic acids is 1. The first kappa shape index (κ1) is 13.7. The van der Waals surface area contributed by atoms with Gasteiger partial charge in [0.1, 0.15) is 12.2 Å². The van der Waals surface area contributed by atoms with Crippen LogP contribution in [0.2, 0.25) is 0 Å². The molecule has 1 saturated heterocycles. The van der Waals surface area contributed by atoms with Crippen LogP contribution in [-0.2, 0) is 9.53 Å². The Kier molecular flexibility index (Phi) is 3.36. The fourth-order valence-corrected chi connectivity index (χ4v) is 2.75. The molecule has 0 aromatic carbocycles. The lowest BCUT2D eigenvalue weighted by Crippen LogP contribution is -2.66. The van der Waals surface area contributed by atoms with Gasteiger partial charge in [0.25, 0.3) is 0 Å². The number of likely N-dealkylation sites (tertiary alicyclic amines) is 1. The van der Waals surface area contributed by atoms with Gasteiger partial charge in [0, 0.05) is 12.6 Å². The Labute approximate surface area is 118 Å². The van der Waals surface area contributed by atoms with Gasteiger partial charge in [0.05, 0.1) is 13.1 Å². The molecule has 112 valence electrons. The summed E-state index contributed by atoms with van der Waals surface area (Å²) in [4.78, 5) is 26.8. The van der Waals surface area contributed by atoms with Crippen molar-refractivity contribution >= 4 is 12.0 Å². The molecule has 20 heavy (non-hydrogen) atoms. The van der Waals surface area contributed by atoms with E-state index in [4.69, 9.17) is 9.84 Å². The summed E-state index contributed by atoms with van der Waals surface area (Å²) < 4.78 is 5.34. The maximum absolute atomic E-state index is 12.5. The summed E-state index contributed by atoms with van der Waals surface area (Å²) in [7, 11) is 0.